The standard InChI is InChI=1S/C17H23N7O/c1-2-21-10-11-23(17(21)25)14-4-8-22(9-5-14)15-12-18-13-16(20-15)24-7-3-6-19-24/h3,6-7,12-14H,2,4-5,8-11H2,1H3. The lowest BCUT2D eigenvalue weighted by atomic mass is 10.0. The second-order valence-electron chi connectivity index (χ2n) is 6.46. The second kappa shape index (κ2) is 6.70. The first kappa shape index (κ1) is 15.9. The summed E-state index contributed by atoms with van der Waals surface area (Å²) >= 11 is 0. The van der Waals surface area contributed by atoms with E-state index in [1.807, 2.05) is 29.0 Å². The highest BCUT2D eigenvalue weighted by atomic mass is 16.2. The Hall–Kier alpha value is -2.64. The predicted molar refractivity (Wildman–Crippen MR) is 93.7 cm³/mol. The van der Waals surface area contributed by atoms with E-state index in [-0.39, 0.29) is 6.03 Å². The first-order valence-corrected chi connectivity index (χ1v) is 8.89. The molecule has 2 aliphatic heterocycles. The van der Waals surface area contributed by atoms with Crippen molar-refractivity contribution < 1.29 is 4.79 Å². The molecule has 0 saturated carbocycles. The van der Waals surface area contributed by atoms with Crippen LogP contribution in [0, 0.1) is 0 Å². The van der Waals surface area contributed by atoms with E-state index in [0.717, 1.165) is 57.2 Å². The van der Waals surface area contributed by atoms with Crippen LogP contribution in [-0.2, 0) is 0 Å². The third-order valence-electron chi connectivity index (χ3n) is 5.09. The lowest BCUT2D eigenvalue weighted by Crippen LogP contribution is -2.46. The summed E-state index contributed by atoms with van der Waals surface area (Å²) in [6.07, 6.45) is 9.04. The first-order valence-electron chi connectivity index (χ1n) is 8.89. The summed E-state index contributed by atoms with van der Waals surface area (Å²) in [5.41, 5.74) is 0. The van der Waals surface area contributed by atoms with Crippen molar-refractivity contribution in [2.45, 2.75) is 25.8 Å². The monoisotopic (exact) mass is 341 g/mol. The third kappa shape index (κ3) is 3.04. The predicted octanol–water partition coefficient (Wildman–Crippen LogP) is 1.39. The Morgan fingerprint density at radius 1 is 1.12 bits per heavy atom. The highest BCUT2D eigenvalue weighted by molar-refractivity contribution is 5.76. The minimum atomic E-state index is 0.196. The van der Waals surface area contributed by atoms with Gasteiger partial charge < -0.3 is 14.7 Å². The lowest BCUT2D eigenvalue weighted by Gasteiger charge is -2.37. The van der Waals surface area contributed by atoms with Gasteiger partial charge in [-0.15, -0.1) is 0 Å². The smallest absolute Gasteiger partial charge is 0.320 e. The molecule has 0 atom stereocenters. The summed E-state index contributed by atoms with van der Waals surface area (Å²) < 4.78 is 1.71. The van der Waals surface area contributed by atoms with Crippen molar-refractivity contribution in [3.63, 3.8) is 0 Å². The van der Waals surface area contributed by atoms with Crippen molar-refractivity contribution in [1.29, 1.82) is 0 Å². The zero-order valence-corrected chi connectivity index (χ0v) is 14.5. The first-order chi connectivity index (χ1) is 12.3. The number of anilines is 1. The van der Waals surface area contributed by atoms with Crippen LogP contribution in [0.25, 0.3) is 5.82 Å². The van der Waals surface area contributed by atoms with Crippen molar-refractivity contribution in [3.05, 3.63) is 30.9 Å². The Labute approximate surface area is 147 Å². The molecule has 2 aliphatic rings. The molecule has 2 amide bonds. The van der Waals surface area contributed by atoms with Crippen LogP contribution in [0.4, 0.5) is 10.6 Å². The van der Waals surface area contributed by atoms with Gasteiger partial charge in [0.25, 0.3) is 0 Å². The summed E-state index contributed by atoms with van der Waals surface area (Å²) in [4.78, 5) is 27.6. The quantitative estimate of drug-likeness (QED) is 0.840. The van der Waals surface area contributed by atoms with Gasteiger partial charge >= 0.3 is 6.03 Å². The third-order valence-corrected chi connectivity index (χ3v) is 5.09. The Balaban J connectivity index is 1.41. The van der Waals surface area contributed by atoms with Crippen LogP contribution < -0.4 is 4.90 Å². The minimum Gasteiger partial charge on any atom is -0.355 e. The van der Waals surface area contributed by atoms with E-state index in [2.05, 4.69) is 20.0 Å². The fourth-order valence-corrected chi connectivity index (χ4v) is 3.65. The molecular weight excluding hydrogens is 318 g/mol. The number of nitrogens with zero attached hydrogens (tertiary/aromatic N) is 7. The number of hydrogen-bond donors (Lipinski definition) is 0. The van der Waals surface area contributed by atoms with Gasteiger partial charge in [0.1, 0.15) is 5.82 Å². The lowest BCUT2D eigenvalue weighted by molar-refractivity contribution is 0.169. The number of carbonyl (C=O) groups excluding carboxylic acids is 1. The molecule has 2 aromatic rings. The average Bonchev–Trinajstić information content (AvgIpc) is 3.32. The Bertz CT molecular complexity index is 724. The molecule has 25 heavy (non-hydrogen) atoms. The number of hydrogen-bond acceptors (Lipinski definition) is 5. The molecule has 0 radical (unpaired) electrons. The summed E-state index contributed by atoms with van der Waals surface area (Å²) in [7, 11) is 0. The number of aromatic nitrogens is 4. The van der Waals surface area contributed by atoms with E-state index in [1.165, 1.54) is 0 Å². The maximum Gasteiger partial charge on any atom is 0.320 e. The van der Waals surface area contributed by atoms with E-state index in [1.54, 1.807) is 23.3 Å². The molecule has 4 heterocycles. The number of piperidine rings is 1. The van der Waals surface area contributed by atoms with Gasteiger partial charge in [-0.25, -0.2) is 14.5 Å². The van der Waals surface area contributed by atoms with Gasteiger partial charge in [0.15, 0.2) is 5.82 Å². The van der Waals surface area contributed by atoms with Crippen LogP contribution in [0.3, 0.4) is 0 Å². The maximum absolute atomic E-state index is 12.4. The zero-order chi connectivity index (χ0) is 17.2. The minimum absolute atomic E-state index is 0.196. The molecule has 2 aromatic heterocycles. The average molecular weight is 341 g/mol. The molecule has 0 aliphatic carbocycles. The van der Waals surface area contributed by atoms with Gasteiger partial charge in [-0.1, -0.05) is 0 Å². The van der Waals surface area contributed by atoms with Crippen molar-refractivity contribution in [2.75, 3.05) is 37.6 Å². The Morgan fingerprint density at radius 3 is 2.60 bits per heavy atom. The largest absolute Gasteiger partial charge is 0.355 e. The van der Waals surface area contributed by atoms with Gasteiger partial charge in [0.2, 0.25) is 0 Å². The van der Waals surface area contributed by atoms with E-state index >= 15 is 0 Å². The van der Waals surface area contributed by atoms with Crippen molar-refractivity contribution in [1.82, 2.24) is 29.5 Å². The normalized spacial score (nSPS) is 19.1. The zero-order valence-electron chi connectivity index (χ0n) is 14.5. The van der Waals surface area contributed by atoms with Crippen molar-refractivity contribution >= 4 is 11.8 Å². The Morgan fingerprint density at radius 2 is 1.92 bits per heavy atom. The van der Waals surface area contributed by atoms with Gasteiger partial charge in [-0.2, -0.15) is 5.10 Å². The van der Waals surface area contributed by atoms with E-state index in [9.17, 15) is 4.79 Å². The topological polar surface area (TPSA) is 70.4 Å². The number of carbonyl (C=O) groups is 1. The van der Waals surface area contributed by atoms with Gasteiger partial charge in [0, 0.05) is 51.2 Å². The van der Waals surface area contributed by atoms with E-state index in [4.69, 9.17) is 0 Å². The maximum atomic E-state index is 12.4. The second-order valence-corrected chi connectivity index (χ2v) is 6.46. The summed E-state index contributed by atoms with van der Waals surface area (Å²) in [6, 6.07) is 2.40. The number of rotatable bonds is 4. The summed E-state index contributed by atoms with van der Waals surface area (Å²) in [5.74, 6) is 1.59. The van der Waals surface area contributed by atoms with Crippen LogP contribution in [0.1, 0.15) is 19.8 Å². The van der Waals surface area contributed by atoms with Crippen LogP contribution >= 0.6 is 0 Å². The molecule has 0 N–H and O–H groups in total. The molecule has 8 heteroatoms. The summed E-state index contributed by atoms with van der Waals surface area (Å²) in [6.45, 7) is 6.31. The van der Waals surface area contributed by atoms with Crippen LogP contribution in [0.2, 0.25) is 0 Å². The molecule has 0 spiro atoms. The molecular formula is C17H23N7O. The highest BCUT2D eigenvalue weighted by Crippen LogP contribution is 2.24. The van der Waals surface area contributed by atoms with Crippen LogP contribution in [-0.4, -0.2) is 74.3 Å². The Kier molecular flexibility index (Phi) is 4.25. The fraction of sp³-hybridized carbons (Fsp3) is 0.529. The number of amides is 2. The molecule has 0 unspecified atom stereocenters. The fourth-order valence-electron chi connectivity index (χ4n) is 3.65. The molecule has 0 aromatic carbocycles. The van der Waals surface area contributed by atoms with Crippen molar-refractivity contribution in [2.24, 2.45) is 0 Å². The van der Waals surface area contributed by atoms with Gasteiger partial charge in [0.05, 0.1) is 12.4 Å². The van der Waals surface area contributed by atoms with Crippen molar-refractivity contribution in [3.8, 4) is 5.82 Å². The molecule has 2 saturated heterocycles. The molecule has 8 nitrogen and oxygen atoms in total. The molecule has 132 valence electrons. The van der Waals surface area contributed by atoms with Crippen LogP contribution in [0.5, 0.6) is 0 Å². The highest BCUT2D eigenvalue weighted by Gasteiger charge is 2.34. The molecule has 0 bridgehead atoms. The molecule has 4 rings (SSSR count). The van der Waals surface area contributed by atoms with E-state index < -0.39 is 0 Å². The number of likely N-dealkylation sites (N-methyl/N-ethyl adjacent to an activating group) is 1. The summed E-state index contributed by atoms with van der Waals surface area (Å²) in [5, 5.41) is 4.21. The number of urea groups is 1. The van der Waals surface area contributed by atoms with Gasteiger partial charge in [-0.05, 0) is 25.8 Å². The molecule has 2 fully saturated rings. The van der Waals surface area contributed by atoms with Crippen LogP contribution in [0.15, 0.2) is 30.9 Å². The van der Waals surface area contributed by atoms with E-state index in [0.29, 0.717) is 6.04 Å². The SMILES string of the molecule is CCN1CCN(C2CCN(c3cncc(-n4cccn4)n3)CC2)C1=O. The van der Waals surface area contributed by atoms with Gasteiger partial charge in [-0.3, -0.25) is 4.98 Å².